The second-order valence-corrected chi connectivity index (χ2v) is 2.93. The Morgan fingerprint density at radius 3 is 2.20 bits per heavy atom. The fraction of sp³-hybridized carbons (Fsp3) is 0.333. The maximum absolute atomic E-state index is 5.22. The van der Waals surface area contributed by atoms with Gasteiger partial charge in [-0.15, -0.1) is 0 Å². The smallest absolute Gasteiger partial charge is 0.161 e. The van der Waals surface area contributed by atoms with Gasteiger partial charge in [-0.2, -0.15) is 0 Å². The van der Waals surface area contributed by atoms with E-state index in [-0.39, 0.29) is 0 Å². The Kier molecular flexibility index (Phi) is 4.03. The van der Waals surface area contributed by atoms with Gasteiger partial charge >= 0.3 is 0 Å². The van der Waals surface area contributed by atoms with E-state index in [1.54, 1.807) is 21.3 Å². The molecule has 0 atom stereocenters. The minimum absolute atomic E-state index is 0.700. The molecule has 3 nitrogen and oxygen atoms in total. The van der Waals surface area contributed by atoms with Crippen LogP contribution in [0.15, 0.2) is 24.3 Å². The number of hydrogen-bond donors (Lipinski definition) is 0. The van der Waals surface area contributed by atoms with E-state index in [0.717, 1.165) is 11.3 Å². The molecule has 0 bridgehead atoms. The van der Waals surface area contributed by atoms with Crippen LogP contribution in [0.2, 0.25) is 0 Å². The van der Waals surface area contributed by atoms with Crippen LogP contribution in [0.4, 0.5) is 0 Å². The summed E-state index contributed by atoms with van der Waals surface area (Å²) >= 11 is 0. The molecule has 0 radical (unpaired) electrons. The van der Waals surface area contributed by atoms with Crippen molar-refractivity contribution in [3.63, 3.8) is 0 Å². The molecule has 0 aliphatic carbocycles. The lowest BCUT2D eigenvalue weighted by Crippen LogP contribution is -1.93. The van der Waals surface area contributed by atoms with Crippen LogP contribution in [0.25, 0.3) is 5.76 Å². The van der Waals surface area contributed by atoms with Crippen LogP contribution in [0.3, 0.4) is 0 Å². The third-order valence-corrected chi connectivity index (χ3v) is 2.15. The van der Waals surface area contributed by atoms with Crippen molar-refractivity contribution in [2.45, 2.75) is 6.92 Å². The maximum atomic E-state index is 5.22. The third kappa shape index (κ3) is 2.43. The molecule has 0 N–H and O–H groups in total. The average molecular weight is 208 g/mol. The fourth-order valence-corrected chi connectivity index (χ4v) is 1.39. The lowest BCUT2D eigenvalue weighted by molar-refractivity contribution is 0.352. The number of rotatable bonds is 4. The zero-order valence-corrected chi connectivity index (χ0v) is 9.53. The van der Waals surface area contributed by atoms with Gasteiger partial charge in [-0.3, -0.25) is 0 Å². The average Bonchev–Trinajstić information content (AvgIpc) is 2.30. The molecule has 3 heteroatoms. The van der Waals surface area contributed by atoms with Crippen molar-refractivity contribution >= 4 is 5.76 Å². The minimum Gasteiger partial charge on any atom is -0.496 e. The summed E-state index contributed by atoms with van der Waals surface area (Å²) in [5.41, 5.74) is 0.970. The van der Waals surface area contributed by atoms with Gasteiger partial charge in [0, 0.05) is 5.56 Å². The molecule has 0 aromatic heterocycles. The minimum atomic E-state index is 0.700. The normalized spacial score (nSPS) is 11.1. The molecule has 1 aromatic carbocycles. The summed E-state index contributed by atoms with van der Waals surface area (Å²) in [5.74, 6) is 2.23. The van der Waals surface area contributed by atoms with Gasteiger partial charge < -0.3 is 14.2 Å². The molecule has 0 saturated carbocycles. The first-order valence-electron chi connectivity index (χ1n) is 4.69. The maximum Gasteiger partial charge on any atom is 0.161 e. The van der Waals surface area contributed by atoms with Crippen molar-refractivity contribution in [1.82, 2.24) is 0 Å². The molecule has 0 spiro atoms. The Morgan fingerprint density at radius 2 is 1.73 bits per heavy atom. The number of allylic oxidation sites excluding steroid dienone is 1. The molecule has 15 heavy (non-hydrogen) atoms. The third-order valence-electron chi connectivity index (χ3n) is 2.15. The van der Waals surface area contributed by atoms with Gasteiger partial charge in [0.2, 0.25) is 0 Å². The molecule has 0 saturated heterocycles. The molecule has 0 aliphatic heterocycles. The second kappa shape index (κ2) is 5.29. The Morgan fingerprint density at radius 1 is 1.07 bits per heavy atom. The largest absolute Gasteiger partial charge is 0.496 e. The van der Waals surface area contributed by atoms with Crippen molar-refractivity contribution in [1.29, 1.82) is 0 Å². The number of hydrogen-bond acceptors (Lipinski definition) is 3. The van der Waals surface area contributed by atoms with E-state index in [1.807, 2.05) is 31.2 Å². The Hall–Kier alpha value is -1.64. The molecule has 1 rings (SSSR count). The molecule has 0 aliphatic rings. The van der Waals surface area contributed by atoms with E-state index in [4.69, 9.17) is 14.2 Å². The van der Waals surface area contributed by atoms with Gasteiger partial charge in [-0.1, -0.05) is 0 Å². The van der Waals surface area contributed by atoms with Crippen molar-refractivity contribution in [2.24, 2.45) is 0 Å². The van der Waals surface area contributed by atoms with Crippen LogP contribution in [-0.2, 0) is 4.74 Å². The summed E-state index contributed by atoms with van der Waals surface area (Å²) in [6.45, 7) is 1.93. The summed E-state index contributed by atoms with van der Waals surface area (Å²) < 4.78 is 15.6. The van der Waals surface area contributed by atoms with Crippen LogP contribution >= 0.6 is 0 Å². The van der Waals surface area contributed by atoms with Gasteiger partial charge in [0.15, 0.2) is 11.5 Å². The number of methoxy groups -OCH3 is 3. The predicted octanol–water partition coefficient (Wildman–Crippen LogP) is 2.71. The van der Waals surface area contributed by atoms with Gasteiger partial charge in [-0.25, -0.2) is 0 Å². The van der Waals surface area contributed by atoms with Crippen molar-refractivity contribution in [2.75, 3.05) is 21.3 Å². The first-order valence-corrected chi connectivity index (χ1v) is 4.69. The van der Waals surface area contributed by atoms with Crippen LogP contribution < -0.4 is 9.47 Å². The second-order valence-electron chi connectivity index (χ2n) is 2.93. The predicted molar refractivity (Wildman–Crippen MR) is 60.2 cm³/mol. The monoisotopic (exact) mass is 208 g/mol. The molecule has 0 fully saturated rings. The first-order chi connectivity index (χ1) is 7.26. The highest BCUT2D eigenvalue weighted by Gasteiger charge is 2.07. The molecule has 0 heterocycles. The Bertz CT molecular complexity index is 356. The highest BCUT2D eigenvalue weighted by Crippen LogP contribution is 2.30. The lowest BCUT2D eigenvalue weighted by Gasteiger charge is -2.10. The van der Waals surface area contributed by atoms with Gasteiger partial charge in [0.1, 0.15) is 5.76 Å². The van der Waals surface area contributed by atoms with E-state index < -0.39 is 0 Å². The summed E-state index contributed by atoms with van der Waals surface area (Å²) in [5, 5.41) is 0. The summed E-state index contributed by atoms with van der Waals surface area (Å²) in [6.07, 6.45) is 1.90. The van der Waals surface area contributed by atoms with E-state index >= 15 is 0 Å². The van der Waals surface area contributed by atoms with Gasteiger partial charge in [0.05, 0.1) is 21.3 Å². The standard InChI is InChI=1S/C12H16O3/c1-5-10(13-2)9-6-7-11(14-3)12(8-9)15-4/h5-8H,1-4H3. The van der Waals surface area contributed by atoms with Crippen LogP contribution in [0.1, 0.15) is 12.5 Å². The molecular formula is C12H16O3. The van der Waals surface area contributed by atoms with E-state index in [9.17, 15) is 0 Å². The van der Waals surface area contributed by atoms with E-state index in [2.05, 4.69) is 0 Å². The fourth-order valence-electron chi connectivity index (χ4n) is 1.39. The first kappa shape index (κ1) is 11.4. The highest BCUT2D eigenvalue weighted by molar-refractivity contribution is 5.63. The zero-order chi connectivity index (χ0) is 11.3. The molecule has 1 aromatic rings. The quantitative estimate of drug-likeness (QED) is 0.712. The van der Waals surface area contributed by atoms with E-state index in [0.29, 0.717) is 11.5 Å². The molecule has 0 unspecified atom stereocenters. The summed E-state index contributed by atoms with van der Waals surface area (Å²) in [6, 6.07) is 5.68. The molecule has 82 valence electrons. The highest BCUT2D eigenvalue weighted by atomic mass is 16.5. The lowest BCUT2D eigenvalue weighted by atomic mass is 10.1. The molecular weight excluding hydrogens is 192 g/mol. The number of benzene rings is 1. The van der Waals surface area contributed by atoms with Crippen molar-refractivity contribution in [3.8, 4) is 11.5 Å². The van der Waals surface area contributed by atoms with Crippen LogP contribution in [0.5, 0.6) is 11.5 Å². The topological polar surface area (TPSA) is 27.7 Å². The van der Waals surface area contributed by atoms with Crippen LogP contribution in [-0.4, -0.2) is 21.3 Å². The summed E-state index contributed by atoms with van der Waals surface area (Å²) in [4.78, 5) is 0. The van der Waals surface area contributed by atoms with Crippen molar-refractivity contribution < 1.29 is 14.2 Å². The Balaban J connectivity index is 3.13. The summed E-state index contributed by atoms with van der Waals surface area (Å²) in [7, 11) is 4.88. The van der Waals surface area contributed by atoms with Gasteiger partial charge in [0.25, 0.3) is 0 Å². The Labute approximate surface area is 90.3 Å². The van der Waals surface area contributed by atoms with Crippen LogP contribution in [0, 0.1) is 0 Å². The SMILES string of the molecule is CC=C(OC)c1ccc(OC)c(OC)c1. The van der Waals surface area contributed by atoms with Crippen molar-refractivity contribution in [3.05, 3.63) is 29.8 Å². The van der Waals surface area contributed by atoms with E-state index in [1.165, 1.54) is 0 Å². The van der Waals surface area contributed by atoms with Gasteiger partial charge in [-0.05, 0) is 31.2 Å². The zero-order valence-electron chi connectivity index (χ0n) is 9.53. The number of ether oxygens (including phenoxy) is 3. The molecule has 0 amide bonds.